The molecule has 0 spiro atoms. The molecule has 0 unspecified atom stereocenters. The van der Waals surface area contributed by atoms with Crippen LogP contribution >= 0.6 is 0 Å². The minimum absolute atomic E-state index is 0.588. The zero-order valence-corrected chi connectivity index (χ0v) is 28.0. The summed E-state index contributed by atoms with van der Waals surface area (Å²) in [5.41, 5.74) is 9.70. The van der Waals surface area contributed by atoms with Crippen molar-refractivity contribution < 1.29 is 8.98 Å². The van der Waals surface area contributed by atoms with Crippen molar-refractivity contribution in [3.63, 3.8) is 0 Å². The molecule has 0 bridgehead atoms. The summed E-state index contributed by atoms with van der Waals surface area (Å²) in [7, 11) is 0. The number of nitrogens with zero attached hydrogens (tertiary/aromatic N) is 5. The number of imidazole rings is 1. The van der Waals surface area contributed by atoms with Crippen LogP contribution < -0.4 is 4.57 Å². The largest absolute Gasteiger partial charge is 0.456 e. The molecule has 6 heteroatoms. The summed E-state index contributed by atoms with van der Waals surface area (Å²) >= 11 is 0. The Bertz CT molecular complexity index is 2820. The van der Waals surface area contributed by atoms with E-state index < -0.39 is 0 Å². The van der Waals surface area contributed by atoms with Crippen molar-refractivity contribution in [3.05, 3.63) is 182 Å². The van der Waals surface area contributed by atoms with Gasteiger partial charge in [-0.15, -0.1) is 0 Å². The minimum Gasteiger partial charge on any atom is -0.456 e. The van der Waals surface area contributed by atoms with E-state index in [1.165, 1.54) is 0 Å². The summed E-state index contributed by atoms with van der Waals surface area (Å²) in [5.74, 6) is 2.88. The third kappa shape index (κ3) is 4.96. The Morgan fingerprint density at radius 1 is 0.462 bits per heavy atom. The lowest BCUT2D eigenvalue weighted by Crippen LogP contribution is -2.32. The molecule has 0 aliphatic carbocycles. The fourth-order valence-corrected chi connectivity index (χ4v) is 7.19. The van der Waals surface area contributed by atoms with Crippen LogP contribution in [0.2, 0.25) is 0 Å². The fraction of sp³-hybridized carbons (Fsp3) is 0. The molecule has 7 aromatic carbocycles. The molecule has 3 aromatic heterocycles. The first-order valence-corrected chi connectivity index (χ1v) is 17.3. The predicted octanol–water partition coefficient (Wildman–Crippen LogP) is 10.7. The van der Waals surface area contributed by atoms with Gasteiger partial charge < -0.3 is 4.42 Å². The van der Waals surface area contributed by atoms with Crippen LogP contribution in [0.1, 0.15) is 0 Å². The standard InChI is InChI=1S/C46H30N5O/c1-5-16-31(17-6-1)43-47-44(32-18-7-2-8-19-32)49-45(48-43)36-24-15-27-41-42(36)37-30-35(28-29-40(37)52-41)51-39-26-14-13-25-38(39)50(34-22-11-4-12-23-34)46(51)33-20-9-3-10-21-33/h1-30H/q+1. The van der Waals surface area contributed by atoms with E-state index in [0.717, 1.165) is 72.4 Å². The van der Waals surface area contributed by atoms with Crippen LogP contribution in [0.5, 0.6) is 0 Å². The Morgan fingerprint density at radius 3 is 1.71 bits per heavy atom. The van der Waals surface area contributed by atoms with Crippen molar-refractivity contribution in [2.45, 2.75) is 0 Å². The van der Waals surface area contributed by atoms with Crippen molar-refractivity contribution in [2.75, 3.05) is 0 Å². The van der Waals surface area contributed by atoms with Gasteiger partial charge in [-0.05, 0) is 60.7 Å². The first kappa shape index (κ1) is 29.7. The number of furan rings is 1. The highest BCUT2D eigenvalue weighted by Gasteiger charge is 2.29. The van der Waals surface area contributed by atoms with Gasteiger partial charge in [-0.2, -0.15) is 9.13 Å². The second kappa shape index (κ2) is 12.3. The number of aromatic nitrogens is 5. The van der Waals surface area contributed by atoms with E-state index in [-0.39, 0.29) is 0 Å². The van der Waals surface area contributed by atoms with Crippen LogP contribution in [0.25, 0.3) is 89.9 Å². The van der Waals surface area contributed by atoms with Gasteiger partial charge in [0.25, 0.3) is 5.82 Å². The second-order valence-corrected chi connectivity index (χ2v) is 12.7. The molecule has 244 valence electrons. The summed E-state index contributed by atoms with van der Waals surface area (Å²) in [6.07, 6.45) is 0. The number of rotatable bonds is 6. The lowest BCUT2D eigenvalue weighted by Gasteiger charge is -2.09. The van der Waals surface area contributed by atoms with E-state index in [4.69, 9.17) is 19.4 Å². The minimum atomic E-state index is 0.588. The molecule has 0 N–H and O–H groups in total. The smallest absolute Gasteiger partial charge is 0.300 e. The van der Waals surface area contributed by atoms with Gasteiger partial charge in [0.1, 0.15) is 22.5 Å². The molecule has 0 amide bonds. The van der Waals surface area contributed by atoms with Gasteiger partial charge in [-0.1, -0.05) is 121 Å². The number of para-hydroxylation sites is 3. The number of hydrogen-bond donors (Lipinski definition) is 0. The molecule has 0 aliphatic heterocycles. The highest BCUT2D eigenvalue weighted by atomic mass is 16.3. The summed E-state index contributed by atoms with van der Waals surface area (Å²) in [4.78, 5) is 15.1. The summed E-state index contributed by atoms with van der Waals surface area (Å²) in [6.45, 7) is 0. The van der Waals surface area contributed by atoms with Gasteiger partial charge in [-0.25, -0.2) is 15.0 Å². The average Bonchev–Trinajstić information content (AvgIpc) is 3.78. The molecule has 0 saturated heterocycles. The molecule has 10 aromatic rings. The number of benzene rings is 7. The van der Waals surface area contributed by atoms with Crippen LogP contribution in [0.15, 0.2) is 186 Å². The molecule has 0 atom stereocenters. The molecule has 6 nitrogen and oxygen atoms in total. The summed E-state index contributed by atoms with van der Waals surface area (Å²) in [5, 5.41) is 1.94. The van der Waals surface area contributed by atoms with E-state index in [1.807, 2.05) is 72.8 Å². The fourth-order valence-electron chi connectivity index (χ4n) is 7.19. The van der Waals surface area contributed by atoms with E-state index >= 15 is 0 Å². The Morgan fingerprint density at radius 2 is 1.04 bits per heavy atom. The van der Waals surface area contributed by atoms with Gasteiger partial charge in [0.15, 0.2) is 28.5 Å². The monoisotopic (exact) mass is 668 g/mol. The molecule has 0 aliphatic rings. The maximum atomic E-state index is 6.53. The first-order valence-electron chi connectivity index (χ1n) is 17.3. The third-order valence-electron chi connectivity index (χ3n) is 9.51. The van der Waals surface area contributed by atoms with E-state index in [2.05, 4.69) is 118 Å². The molecular formula is C46H30N5O+. The van der Waals surface area contributed by atoms with Crippen molar-refractivity contribution in [3.8, 4) is 56.9 Å². The summed E-state index contributed by atoms with van der Waals surface area (Å²) in [6, 6.07) is 62.4. The van der Waals surface area contributed by atoms with E-state index in [0.29, 0.717) is 17.5 Å². The van der Waals surface area contributed by atoms with Crippen LogP contribution in [0, 0.1) is 0 Å². The zero-order valence-electron chi connectivity index (χ0n) is 28.0. The average molecular weight is 669 g/mol. The molecule has 10 rings (SSSR count). The van der Waals surface area contributed by atoms with Crippen molar-refractivity contribution >= 4 is 33.0 Å². The highest BCUT2D eigenvalue weighted by Crippen LogP contribution is 2.39. The lowest BCUT2D eigenvalue weighted by atomic mass is 10.0. The Balaban J connectivity index is 1.24. The van der Waals surface area contributed by atoms with Crippen molar-refractivity contribution in [1.29, 1.82) is 0 Å². The van der Waals surface area contributed by atoms with E-state index in [9.17, 15) is 0 Å². The molecule has 0 radical (unpaired) electrons. The Labute approximate surface area is 299 Å². The lowest BCUT2D eigenvalue weighted by molar-refractivity contribution is -0.555. The molecule has 0 fully saturated rings. The van der Waals surface area contributed by atoms with Crippen LogP contribution in [-0.4, -0.2) is 19.5 Å². The maximum Gasteiger partial charge on any atom is 0.300 e. The first-order chi connectivity index (χ1) is 25.8. The quantitative estimate of drug-likeness (QED) is 0.166. The zero-order chi connectivity index (χ0) is 34.4. The Kier molecular flexibility index (Phi) is 7.03. The molecule has 0 saturated carbocycles. The molecule has 3 heterocycles. The topological polar surface area (TPSA) is 60.6 Å². The number of fused-ring (bicyclic) bond motifs is 4. The normalized spacial score (nSPS) is 11.5. The van der Waals surface area contributed by atoms with Crippen molar-refractivity contribution in [2.24, 2.45) is 0 Å². The van der Waals surface area contributed by atoms with Crippen LogP contribution in [0.4, 0.5) is 0 Å². The summed E-state index contributed by atoms with van der Waals surface area (Å²) < 4.78 is 11.2. The van der Waals surface area contributed by atoms with Gasteiger partial charge in [-0.3, -0.25) is 0 Å². The Hall–Kier alpha value is -7.18. The molecule has 52 heavy (non-hydrogen) atoms. The van der Waals surface area contributed by atoms with Gasteiger partial charge in [0.2, 0.25) is 0 Å². The number of hydrogen-bond acceptors (Lipinski definition) is 4. The van der Waals surface area contributed by atoms with Crippen LogP contribution in [0.3, 0.4) is 0 Å². The maximum absolute atomic E-state index is 6.53. The third-order valence-corrected chi connectivity index (χ3v) is 9.51. The second-order valence-electron chi connectivity index (χ2n) is 12.7. The predicted molar refractivity (Wildman–Crippen MR) is 207 cm³/mol. The SMILES string of the molecule is c1ccc(-c2nc(-c3ccccc3)nc(-c3cccc4oc5ccc(-n6c(-c7ccccc7)[n+](-c7ccccc7)c7ccccc76)cc5c34)n2)cc1. The van der Waals surface area contributed by atoms with Gasteiger partial charge in [0.05, 0.1) is 5.56 Å². The van der Waals surface area contributed by atoms with Crippen molar-refractivity contribution in [1.82, 2.24) is 19.5 Å². The highest BCUT2D eigenvalue weighted by molar-refractivity contribution is 6.12. The van der Waals surface area contributed by atoms with Gasteiger partial charge in [0, 0.05) is 27.5 Å². The van der Waals surface area contributed by atoms with E-state index in [1.54, 1.807) is 0 Å². The molecular weight excluding hydrogens is 639 g/mol. The van der Waals surface area contributed by atoms with Crippen LogP contribution in [-0.2, 0) is 0 Å². The van der Waals surface area contributed by atoms with Gasteiger partial charge >= 0.3 is 0 Å².